The zero-order valence-corrected chi connectivity index (χ0v) is 18.1. The van der Waals surface area contributed by atoms with Crippen LogP contribution in [-0.2, 0) is 4.74 Å². The zero-order valence-electron chi connectivity index (χ0n) is 18.1. The minimum Gasteiger partial charge on any atom is -0.378 e. The lowest BCUT2D eigenvalue weighted by Gasteiger charge is -2.29. The number of aromatic nitrogens is 3. The van der Waals surface area contributed by atoms with E-state index in [0.29, 0.717) is 24.7 Å². The van der Waals surface area contributed by atoms with Gasteiger partial charge < -0.3 is 9.64 Å². The molecule has 2 aromatic carbocycles. The van der Waals surface area contributed by atoms with Crippen LogP contribution in [0.15, 0.2) is 79.3 Å². The summed E-state index contributed by atoms with van der Waals surface area (Å²) in [5.74, 6) is 0.624. The molecule has 33 heavy (non-hydrogen) atoms. The molecule has 0 saturated carbocycles. The van der Waals surface area contributed by atoms with Crippen molar-refractivity contribution < 1.29 is 10.1 Å². The number of hydrogen-bond donors (Lipinski definition) is 1. The highest BCUT2D eigenvalue weighted by atomic mass is 16.5. The second-order valence-electron chi connectivity index (χ2n) is 7.78. The van der Waals surface area contributed by atoms with Gasteiger partial charge in [-0.2, -0.15) is 15.2 Å². The summed E-state index contributed by atoms with van der Waals surface area (Å²) in [5, 5.41) is 11.5. The number of hydrogen-bond acceptors (Lipinski definition) is 6. The third-order valence-corrected chi connectivity index (χ3v) is 5.61. The number of benzene rings is 2. The van der Waals surface area contributed by atoms with Crippen LogP contribution < -0.4 is 10.2 Å². The van der Waals surface area contributed by atoms with Crippen LogP contribution in [0.1, 0.15) is 5.56 Å². The number of ether oxygens (including phenoxy) is 1. The van der Waals surface area contributed by atoms with Crippen LogP contribution in [-0.4, -0.2) is 41.3 Å². The first-order chi connectivity index (χ1) is 16.3. The molecule has 0 unspecified atom stereocenters. The van der Waals surface area contributed by atoms with E-state index in [1.165, 1.54) is 0 Å². The second-order valence-corrected chi connectivity index (χ2v) is 7.78. The Morgan fingerprint density at radius 3 is 2.36 bits per heavy atom. The Bertz CT molecular complexity index is 1280. The minimum absolute atomic E-state index is 0.616. The SMILES string of the molecule is N#Cc1cc(-c2ccnc([NH2+]c3ccc(-c4ccncc4)cc3)n2)cc(N2CCOCC2)c1. The average molecular weight is 436 g/mol. The molecule has 2 aromatic heterocycles. The maximum atomic E-state index is 9.55. The predicted molar refractivity (Wildman–Crippen MR) is 126 cm³/mol. The molecule has 0 bridgehead atoms. The van der Waals surface area contributed by atoms with Crippen LogP contribution in [0.5, 0.6) is 0 Å². The van der Waals surface area contributed by atoms with Gasteiger partial charge >= 0.3 is 5.95 Å². The number of rotatable bonds is 5. The molecule has 4 aromatic rings. The maximum absolute atomic E-state index is 9.55. The van der Waals surface area contributed by atoms with Gasteiger partial charge in [0.25, 0.3) is 0 Å². The fourth-order valence-corrected chi connectivity index (χ4v) is 3.90. The summed E-state index contributed by atoms with van der Waals surface area (Å²) in [7, 11) is 0. The molecule has 1 aliphatic rings. The Labute approximate surface area is 192 Å². The molecule has 1 aliphatic heterocycles. The van der Waals surface area contributed by atoms with Crippen molar-refractivity contribution in [2.45, 2.75) is 0 Å². The molecule has 3 heterocycles. The van der Waals surface area contributed by atoms with E-state index in [0.717, 1.165) is 46.8 Å². The molecule has 0 aliphatic carbocycles. The Morgan fingerprint density at radius 1 is 0.848 bits per heavy atom. The van der Waals surface area contributed by atoms with E-state index in [2.05, 4.69) is 51.3 Å². The molecule has 5 rings (SSSR count). The van der Waals surface area contributed by atoms with Gasteiger partial charge in [-0.3, -0.25) is 4.98 Å². The quantitative estimate of drug-likeness (QED) is 0.483. The molecular weight excluding hydrogens is 412 g/mol. The maximum Gasteiger partial charge on any atom is 0.331 e. The van der Waals surface area contributed by atoms with E-state index < -0.39 is 0 Å². The highest BCUT2D eigenvalue weighted by Gasteiger charge is 2.15. The van der Waals surface area contributed by atoms with Crippen LogP contribution in [0.3, 0.4) is 0 Å². The Kier molecular flexibility index (Phi) is 6.02. The highest BCUT2D eigenvalue weighted by Crippen LogP contribution is 2.26. The monoisotopic (exact) mass is 435 g/mol. The van der Waals surface area contributed by atoms with E-state index in [9.17, 15) is 5.26 Å². The number of quaternary nitrogens is 1. The molecule has 1 saturated heterocycles. The second kappa shape index (κ2) is 9.57. The largest absolute Gasteiger partial charge is 0.378 e. The van der Waals surface area contributed by atoms with Crippen molar-refractivity contribution in [2.24, 2.45) is 0 Å². The third-order valence-electron chi connectivity index (χ3n) is 5.61. The fraction of sp³-hybridized carbons (Fsp3) is 0.154. The van der Waals surface area contributed by atoms with Gasteiger partial charge in [-0.25, -0.2) is 5.32 Å². The molecule has 2 N–H and O–H groups in total. The standard InChI is InChI=1S/C26H22N6O/c27-18-19-15-22(17-24(16-19)32-11-13-33-14-12-32)25-7-10-29-26(31-25)30-23-3-1-20(2-4-23)21-5-8-28-9-6-21/h1-10,15-17H,11-14H2,(H,29,30,31)/p+1. The Morgan fingerprint density at radius 2 is 1.61 bits per heavy atom. The predicted octanol–water partition coefficient (Wildman–Crippen LogP) is 3.44. The van der Waals surface area contributed by atoms with Gasteiger partial charge in [0, 0.05) is 55.1 Å². The van der Waals surface area contributed by atoms with E-state index in [-0.39, 0.29) is 0 Å². The van der Waals surface area contributed by atoms with Crippen LogP contribution in [0.2, 0.25) is 0 Å². The molecule has 7 nitrogen and oxygen atoms in total. The van der Waals surface area contributed by atoms with Crippen molar-refractivity contribution in [3.05, 3.63) is 84.8 Å². The van der Waals surface area contributed by atoms with E-state index >= 15 is 0 Å². The molecule has 162 valence electrons. The summed E-state index contributed by atoms with van der Waals surface area (Å²) < 4.78 is 5.46. The molecule has 0 atom stereocenters. The van der Waals surface area contributed by atoms with Crippen molar-refractivity contribution in [1.29, 1.82) is 5.26 Å². The first-order valence-corrected chi connectivity index (χ1v) is 10.8. The van der Waals surface area contributed by atoms with Crippen molar-refractivity contribution >= 4 is 17.3 Å². The summed E-state index contributed by atoms with van der Waals surface area (Å²) in [5.41, 5.74) is 6.60. The van der Waals surface area contributed by atoms with Crippen LogP contribution in [0.25, 0.3) is 22.4 Å². The van der Waals surface area contributed by atoms with Gasteiger partial charge in [-0.15, -0.1) is 0 Å². The smallest absolute Gasteiger partial charge is 0.331 e. The molecule has 7 heteroatoms. The summed E-state index contributed by atoms with van der Waals surface area (Å²) in [4.78, 5) is 15.5. The topological polar surface area (TPSA) is 91.5 Å². The van der Waals surface area contributed by atoms with Crippen molar-refractivity contribution in [3.63, 3.8) is 0 Å². The molecule has 1 fully saturated rings. The average Bonchev–Trinajstić information content (AvgIpc) is 2.90. The van der Waals surface area contributed by atoms with Crippen LogP contribution >= 0.6 is 0 Å². The van der Waals surface area contributed by atoms with Gasteiger partial charge in [0.2, 0.25) is 0 Å². The summed E-state index contributed by atoms with van der Waals surface area (Å²) in [6.45, 7) is 3.01. The lowest BCUT2D eigenvalue weighted by molar-refractivity contribution is -0.487. The molecule has 0 spiro atoms. The van der Waals surface area contributed by atoms with E-state index in [4.69, 9.17) is 9.72 Å². The summed E-state index contributed by atoms with van der Waals surface area (Å²) in [6.07, 6.45) is 5.34. The van der Waals surface area contributed by atoms with Crippen molar-refractivity contribution in [1.82, 2.24) is 15.0 Å². The number of pyridine rings is 1. The molecular formula is C26H23N6O+. The normalized spacial score (nSPS) is 13.5. The number of morpholine rings is 1. The Balaban J connectivity index is 1.39. The van der Waals surface area contributed by atoms with Gasteiger partial charge in [-0.05, 0) is 59.7 Å². The van der Waals surface area contributed by atoms with Crippen LogP contribution in [0, 0.1) is 11.3 Å². The summed E-state index contributed by atoms with van der Waals surface area (Å²) >= 11 is 0. The first-order valence-electron chi connectivity index (χ1n) is 10.8. The summed E-state index contributed by atoms with van der Waals surface area (Å²) in [6, 6.07) is 22.3. The van der Waals surface area contributed by atoms with Gasteiger partial charge in [-0.1, -0.05) is 0 Å². The third kappa shape index (κ3) is 4.88. The highest BCUT2D eigenvalue weighted by molar-refractivity contribution is 5.69. The first kappa shape index (κ1) is 20.8. The molecule has 0 radical (unpaired) electrons. The minimum atomic E-state index is 0.616. The number of nitriles is 1. The van der Waals surface area contributed by atoms with Crippen LogP contribution in [0.4, 0.5) is 17.3 Å². The van der Waals surface area contributed by atoms with Crippen molar-refractivity contribution in [2.75, 3.05) is 31.2 Å². The number of nitrogens with two attached hydrogens (primary N) is 1. The zero-order chi connectivity index (χ0) is 22.5. The molecule has 0 amide bonds. The van der Waals surface area contributed by atoms with Crippen molar-refractivity contribution in [3.8, 4) is 28.5 Å². The van der Waals surface area contributed by atoms with E-state index in [1.54, 1.807) is 18.6 Å². The van der Waals surface area contributed by atoms with Gasteiger partial charge in [0.1, 0.15) is 5.69 Å². The van der Waals surface area contributed by atoms with Gasteiger partial charge in [0.15, 0.2) is 0 Å². The number of nitrogens with zero attached hydrogens (tertiary/aromatic N) is 5. The lowest BCUT2D eigenvalue weighted by atomic mass is 10.1. The van der Waals surface area contributed by atoms with Gasteiger partial charge in [0.05, 0.1) is 30.5 Å². The Hall–Kier alpha value is -4.12. The van der Waals surface area contributed by atoms with E-state index in [1.807, 2.05) is 35.6 Å². The lowest BCUT2D eigenvalue weighted by Crippen LogP contribution is -2.72. The fourth-order valence-electron chi connectivity index (χ4n) is 3.90. The number of anilines is 1.